The first-order valence-corrected chi connectivity index (χ1v) is 21.9. The molecule has 58 heavy (non-hydrogen) atoms. The smallest absolute Gasteiger partial charge is 0.408 e. The van der Waals surface area contributed by atoms with Gasteiger partial charge in [0.2, 0.25) is 11.8 Å². The third-order valence-electron chi connectivity index (χ3n) is 12.5. The van der Waals surface area contributed by atoms with Crippen LogP contribution < -0.4 is 25.4 Å². The summed E-state index contributed by atoms with van der Waals surface area (Å²) in [5, 5.41) is 23.1. The molecule has 2 aliphatic heterocycles. The fourth-order valence-electron chi connectivity index (χ4n) is 9.07. The highest BCUT2D eigenvalue weighted by Gasteiger charge is 2.61. The zero-order chi connectivity index (χ0) is 40.2. The van der Waals surface area contributed by atoms with Gasteiger partial charge in [0.1, 0.15) is 47.0 Å². The molecule has 2 aromatic heterocycles. The molecule has 1 aromatic carbocycles. The average Bonchev–Trinajstić information content (AvgIpc) is 3.65. The Morgan fingerprint density at radius 1 is 0.948 bits per heavy atom. The molecular weight excluding hydrogens is 761 g/mol. The summed E-state index contributed by atoms with van der Waals surface area (Å²) in [7, 11) is 1.60. The van der Waals surface area contributed by atoms with Gasteiger partial charge in [0.25, 0.3) is 0 Å². The molecule has 3 aliphatic carbocycles. The lowest BCUT2D eigenvalue weighted by Crippen LogP contribution is -2.56. The van der Waals surface area contributed by atoms with Crippen LogP contribution in [0.25, 0.3) is 22.3 Å². The Hall–Kier alpha value is -4.92. The van der Waals surface area contributed by atoms with E-state index in [1.54, 1.807) is 7.11 Å². The van der Waals surface area contributed by atoms with Gasteiger partial charge in [-0.05, 0) is 76.3 Å². The molecule has 1 saturated heterocycles. The zero-order valence-electron chi connectivity index (χ0n) is 33.1. The van der Waals surface area contributed by atoms with Crippen LogP contribution in [0.2, 0.25) is 0 Å². The molecule has 4 N–H and O–H groups in total. The summed E-state index contributed by atoms with van der Waals surface area (Å²) in [6.07, 6.45) is 15.7. The summed E-state index contributed by atoms with van der Waals surface area (Å²) in [4.78, 5) is 66.0. The first kappa shape index (κ1) is 39.9. The van der Waals surface area contributed by atoms with Gasteiger partial charge < -0.3 is 40.2 Å². The first-order chi connectivity index (χ1) is 28.2. The highest BCUT2D eigenvalue weighted by Crippen LogP contribution is 2.45. The van der Waals surface area contributed by atoms with Crippen molar-refractivity contribution in [3.8, 4) is 22.9 Å². The number of anilines is 1. The number of thiazole rings is 1. The van der Waals surface area contributed by atoms with E-state index < -0.39 is 47.6 Å². The first-order valence-electron chi connectivity index (χ1n) is 21.1. The van der Waals surface area contributed by atoms with Gasteiger partial charge in [0.15, 0.2) is 5.13 Å². The fraction of sp³-hybridized carbons (Fsp3) is 0.581. The molecule has 5 atom stereocenters. The number of fused-ring (bicyclic) bond motifs is 3. The second kappa shape index (κ2) is 17.5. The maximum absolute atomic E-state index is 14.6. The lowest BCUT2D eigenvalue weighted by molar-refractivity contribution is -0.145. The minimum absolute atomic E-state index is 0.0393. The number of nitrogens with zero attached hydrogens (tertiary/aromatic N) is 3. The van der Waals surface area contributed by atoms with E-state index in [2.05, 4.69) is 16.0 Å². The number of amides is 3. The number of pyridine rings is 1. The van der Waals surface area contributed by atoms with Crippen LogP contribution in [0.15, 0.2) is 41.8 Å². The molecule has 310 valence electrons. The van der Waals surface area contributed by atoms with E-state index in [1.807, 2.05) is 41.8 Å². The Morgan fingerprint density at radius 2 is 1.72 bits per heavy atom. The van der Waals surface area contributed by atoms with Crippen LogP contribution in [0.5, 0.6) is 11.5 Å². The van der Waals surface area contributed by atoms with Gasteiger partial charge in [-0.1, -0.05) is 44.3 Å². The van der Waals surface area contributed by atoms with Gasteiger partial charge in [-0.25, -0.2) is 19.6 Å². The largest absolute Gasteiger partial charge is 0.497 e. The number of hydrogen-bond donors (Lipinski definition) is 4. The van der Waals surface area contributed by atoms with Crippen LogP contribution in [0.1, 0.15) is 103 Å². The molecule has 4 heterocycles. The van der Waals surface area contributed by atoms with E-state index in [9.17, 15) is 24.3 Å². The van der Waals surface area contributed by atoms with Gasteiger partial charge >= 0.3 is 12.1 Å². The van der Waals surface area contributed by atoms with Crippen molar-refractivity contribution in [2.75, 3.05) is 19.0 Å². The number of carboxylic acid groups (broad SMARTS) is 1. The number of allylic oxidation sites excluding steroid dienone is 1. The number of nitrogens with one attached hydrogen (secondary N) is 3. The van der Waals surface area contributed by atoms with Crippen LogP contribution in [0.3, 0.4) is 0 Å². The Labute approximate surface area is 342 Å². The SMILES string of the molecule is COc1ccc2c(O[C@@H]3CC4C(=O)N[C@]5(C(=O)O)C[C@@H]5/C=C\CCCCC[C@@H](NC(=O)OC5CCCC5)C(=O)N4C3)cc(-c3csc(NC4CCCCC4)n3)nc2c1. The minimum atomic E-state index is -1.45. The van der Waals surface area contributed by atoms with Crippen molar-refractivity contribution >= 4 is 51.2 Å². The number of aliphatic carboxylic acids is 1. The summed E-state index contributed by atoms with van der Waals surface area (Å²) < 4.78 is 18.0. The van der Waals surface area contributed by atoms with E-state index in [0.29, 0.717) is 52.7 Å². The highest BCUT2D eigenvalue weighted by molar-refractivity contribution is 7.14. The van der Waals surface area contributed by atoms with Gasteiger partial charge in [-0.2, -0.15) is 0 Å². The lowest BCUT2D eigenvalue weighted by Gasteiger charge is -2.29. The number of rotatable bonds is 9. The van der Waals surface area contributed by atoms with Crippen molar-refractivity contribution in [3.05, 3.63) is 41.8 Å². The summed E-state index contributed by atoms with van der Waals surface area (Å²) in [5.41, 5.74) is 0.477. The van der Waals surface area contributed by atoms with Crippen molar-refractivity contribution in [3.63, 3.8) is 0 Å². The van der Waals surface area contributed by atoms with Crippen molar-refractivity contribution in [2.45, 2.75) is 139 Å². The Balaban J connectivity index is 1.09. The fourth-order valence-corrected chi connectivity index (χ4v) is 9.85. The predicted molar refractivity (Wildman–Crippen MR) is 219 cm³/mol. The van der Waals surface area contributed by atoms with Gasteiger partial charge in [-0.15, -0.1) is 11.3 Å². The standard InChI is InChI=1S/C43H54N6O8S/c1-55-29-18-19-31-33(20-29)45-34(35-25-58-41(46-35)44-27-13-7-5-8-14-27)22-37(31)56-30-21-36-38(50)48-43(40(52)53)23-26(43)12-6-3-2-4-9-17-32(39(51)49(36)24-30)47-42(54)57-28-15-10-11-16-28/h6,12,18-20,22,25-28,30,32,36H,2-5,7-11,13-17,21,23-24H2,1H3,(H,44,46)(H,47,54)(H,48,50)(H,52,53)/b12-6-/t26-,30+,32+,36?,43+/m0/s1. The molecule has 5 aliphatic rings. The Kier molecular flexibility index (Phi) is 12.0. The van der Waals surface area contributed by atoms with E-state index in [0.717, 1.165) is 62.9 Å². The van der Waals surface area contributed by atoms with Crippen molar-refractivity contribution in [1.29, 1.82) is 0 Å². The average molecular weight is 815 g/mol. The monoisotopic (exact) mass is 814 g/mol. The minimum Gasteiger partial charge on any atom is -0.497 e. The molecule has 3 amide bonds. The van der Waals surface area contributed by atoms with Crippen molar-refractivity contribution in [1.82, 2.24) is 25.5 Å². The number of benzene rings is 1. The Bertz CT molecular complexity index is 2030. The van der Waals surface area contributed by atoms with Gasteiger partial charge in [0.05, 0.1) is 24.9 Å². The third-order valence-corrected chi connectivity index (χ3v) is 13.2. The van der Waals surface area contributed by atoms with E-state index in [4.69, 9.17) is 24.2 Å². The number of aromatic nitrogens is 2. The topological polar surface area (TPSA) is 181 Å². The van der Waals surface area contributed by atoms with E-state index in [-0.39, 0.29) is 31.4 Å². The van der Waals surface area contributed by atoms with Gasteiger partial charge in [0, 0.05) is 41.3 Å². The van der Waals surface area contributed by atoms with Crippen LogP contribution >= 0.6 is 11.3 Å². The molecule has 8 rings (SSSR count). The summed E-state index contributed by atoms with van der Waals surface area (Å²) >= 11 is 1.53. The molecule has 0 spiro atoms. The maximum atomic E-state index is 14.6. The molecule has 1 unspecified atom stereocenters. The molecule has 15 heteroatoms. The number of methoxy groups -OCH3 is 1. The Morgan fingerprint density at radius 3 is 2.52 bits per heavy atom. The van der Waals surface area contributed by atoms with Crippen LogP contribution in [0.4, 0.5) is 9.93 Å². The quantitative estimate of drug-likeness (QED) is 0.164. The predicted octanol–water partition coefficient (Wildman–Crippen LogP) is 6.98. The third kappa shape index (κ3) is 8.88. The van der Waals surface area contributed by atoms with Crippen LogP contribution in [0, 0.1) is 5.92 Å². The number of alkyl carbamates (subject to hydrolysis) is 1. The summed E-state index contributed by atoms with van der Waals surface area (Å²) in [6, 6.07) is 5.80. The number of carbonyl (C=O) groups is 4. The molecule has 14 nitrogen and oxygen atoms in total. The van der Waals surface area contributed by atoms with E-state index >= 15 is 0 Å². The summed E-state index contributed by atoms with van der Waals surface area (Å²) in [5.74, 6) is -1.32. The summed E-state index contributed by atoms with van der Waals surface area (Å²) in [6.45, 7) is 0.0393. The van der Waals surface area contributed by atoms with Crippen molar-refractivity contribution in [2.24, 2.45) is 5.92 Å². The zero-order valence-corrected chi connectivity index (χ0v) is 33.9. The number of carboxylic acids is 1. The molecule has 0 bridgehead atoms. The molecule has 3 saturated carbocycles. The molecule has 0 radical (unpaired) electrons. The highest BCUT2D eigenvalue weighted by atomic mass is 32.1. The van der Waals surface area contributed by atoms with Gasteiger partial charge in [-0.3, -0.25) is 9.59 Å². The van der Waals surface area contributed by atoms with E-state index in [1.165, 1.54) is 35.5 Å². The molecule has 3 aromatic rings. The number of hydrogen-bond acceptors (Lipinski definition) is 11. The number of carbonyl (C=O) groups excluding carboxylic acids is 3. The molecule has 4 fully saturated rings. The van der Waals surface area contributed by atoms with Crippen molar-refractivity contribution < 1.29 is 38.5 Å². The number of ether oxygens (including phenoxy) is 3. The second-order valence-electron chi connectivity index (χ2n) is 16.5. The lowest BCUT2D eigenvalue weighted by atomic mass is 9.96. The normalized spacial score (nSPS) is 27.7. The maximum Gasteiger partial charge on any atom is 0.408 e. The second-order valence-corrected chi connectivity index (χ2v) is 17.4. The van der Waals surface area contributed by atoms with Crippen LogP contribution in [-0.2, 0) is 19.1 Å². The van der Waals surface area contributed by atoms with Crippen LogP contribution in [-0.4, -0.2) is 93.4 Å². The molecular formula is C43H54N6O8S.